The van der Waals surface area contributed by atoms with Crippen molar-refractivity contribution in [2.24, 2.45) is 5.73 Å². The number of carboxylic acid groups (broad SMARTS) is 1. The van der Waals surface area contributed by atoms with E-state index in [0.29, 0.717) is 5.75 Å². The molecule has 0 saturated heterocycles. The minimum atomic E-state index is -0.250. The van der Waals surface area contributed by atoms with E-state index in [1.54, 1.807) is 18.7 Å². The first-order chi connectivity index (χ1) is 9.49. The van der Waals surface area contributed by atoms with E-state index >= 15 is 0 Å². The standard InChI is InChI=1S/C12H17NOS.C2H6.CH2O2/c1-9(13)7-11-3-5-12(6-4-11)15-8-10(2)14;1-2;2-1-3/h3-6,9H,7-8,13H2,1-2H3;1-2H3;1H,(H,2,3). The molecule has 0 fully saturated rings. The second-order valence-corrected chi connectivity index (χ2v) is 4.97. The van der Waals surface area contributed by atoms with Crippen molar-refractivity contribution < 1.29 is 14.7 Å². The fourth-order valence-corrected chi connectivity index (χ4v) is 1.98. The molecule has 1 rings (SSSR count). The van der Waals surface area contributed by atoms with Crippen molar-refractivity contribution in [2.45, 2.75) is 45.1 Å². The summed E-state index contributed by atoms with van der Waals surface area (Å²) in [5.74, 6) is 0.756. The minimum Gasteiger partial charge on any atom is -0.483 e. The quantitative estimate of drug-likeness (QED) is 0.645. The lowest BCUT2D eigenvalue weighted by molar-refractivity contribution is -0.123. The molecule has 1 atom stereocenters. The zero-order valence-corrected chi connectivity index (χ0v) is 13.4. The van der Waals surface area contributed by atoms with Crippen LogP contribution in [0.2, 0.25) is 0 Å². The molecule has 0 heterocycles. The predicted molar refractivity (Wildman–Crippen MR) is 85.2 cm³/mol. The maximum absolute atomic E-state index is 10.8. The largest absolute Gasteiger partial charge is 0.483 e. The number of benzene rings is 1. The van der Waals surface area contributed by atoms with Gasteiger partial charge in [-0.05, 0) is 38.0 Å². The molecule has 0 aromatic heterocycles. The van der Waals surface area contributed by atoms with E-state index < -0.39 is 0 Å². The van der Waals surface area contributed by atoms with Crippen molar-refractivity contribution in [1.82, 2.24) is 0 Å². The van der Waals surface area contributed by atoms with Gasteiger partial charge in [0.1, 0.15) is 5.78 Å². The number of carbonyl (C=O) groups is 2. The van der Waals surface area contributed by atoms with Gasteiger partial charge in [0.05, 0.1) is 5.75 Å². The Morgan fingerprint density at radius 2 is 1.80 bits per heavy atom. The van der Waals surface area contributed by atoms with Gasteiger partial charge in [0.15, 0.2) is 0 Å². The van der Waals surface area contributed by atoms with Crippen LogP contribution in [-0.2, 0) is 16.0 Å². The highest BCUT2D eigenvalue weighted by Crippen LogP contribution is 2.18. The van der Waals surface area contributed by atoms with E-state index in [4.69, 9.17) is 15.6 Å². The van der Waals surface area contributed by atoms with Gasteiger partial charge < -0.3 is 10.8 Å². The van der Waals surface area contributed by atoms with Gasteiger partial charge >= 0.3 is 0 Å². The molecule has 0 amide bonds. The van der Waals surface area contributed by atoms with Crippen LogP contribution >= 0.6 is 11.8 Å². The van der Waals surface area contributed by atoms with E-state index in [1.807, 2.05) is 32.9 Å². The molecule has 1 aromatic rings. The second kappa shape index (κ2) is 14.1. The fraction of sp³-hybridized carbons (Fsp3) is 0.467. The number of hydrogen-bond donors (Lipinski definition) is 2. The summed E-state index contributed by atoms with van der Waals surface area (Å²) in [5, 5.41) is 6.89. The lowest BCUT2D eigenvalue weighted by atomic mass is 10.1. The highest BCUT2D eigenvalue weighted by Gasteiger charge is 2.00. The third-order valence-corrected chi connectivity index (χ3v) is 3.08. The normalized spacial score (nSPS) is 10.2. The Labute approximate surface area is 125 Å². The first kappa shape index (κ1) is 21.0. The molecule has 0 aliphatic heterocycles. The maximum Gasteiger partial charge on any atom is 0.290 e. The van der Waals surface area contributed by atoms with E-state index in [9.17, 15) is 4.79 Å². The molecular weight excluding hydrogens is 274 g/mol. The van der Waals surface area contributed by atoms with Crippen molar-refractivity contribution in [3.8, 4) is 0 Å². The average Bonchev–Trinajstić information content (AvgIpc) is 2.40. The molecule has 0 aliphatic rings. The summed E-state index contributed by atoms with van der Waals surface area (Å²) in [5.41, 5.74) is 6.96. The Hall–Kier alpha value is -1.33. The Morgan fingerprint density at radius 3 is 2.15 bits per heavy atom. The molecule has 0 spiro atoms. The Morgan fingerprint density at radius 1 is 1.35 bits per heavy atom. The van der Waals surface area contributed by atoms with Gasteiger partial charge in [0.25, 0.3) is 6.47 Å². The molecule has 3 N–H and O–H groups in total. The van der Waals surface area contributed by atoms with Crippen LogP contribution in [0.5, 0.6) is 0 Å². The molecule has 0 aliphatic carbocycles. The third-order valence-electron chi connectivity index (χ3n) is 1.92. The molecule has 114 valence electrons. The summed E-state index contributed by atoms with van der Waals surface area (Å²) >= 11 is 1.58. The van der Waals surface area contributed by atoms with E-state index in [-0.39, 0.29) is 18.3 Å². The number of Topliss-reactive ketones (excluding diaryl/α,β-unsaturated/α-hetero) is 1. The third kappa shape index (κ3) is 13.1. The summed E-state index contributed by atoms with van der Waals surface area (Å²) in [6, 6.07) is 8.44. The van der Waals surface area contributed by atoms with E-state index in [2.05, 4.69) is 12.1 Å². The van der Waals surface area contributed by atoms with Gasteiger partial charge in [-0.3, -0.25) is 9.59 Å². The van der Waals surface area contributed by atoms with Gasteiger partial charge in [-0.1, -0.05) is 26.0 Å². The number of rotatable bonds is 5. The van der Waals surface area contributed by atoms with Gasteiger partial charge in [0.2, 0.25) is 0 Å². The molecule has 20 heavy (non-hydrogen) atoms. The van der Waals surface area contributed by atoms with Gasteiger partial charge in [-0.25, -0.2) is 0 Å². The Kier molecular flexibility index (Phi) is 14.8. The zero-order valence-electron chi connectivity index (χ0n) is 12.6. The molecule has 0 radical (unpaired) electrons. The monoisotopic (exact) mass is 299 g/mol. The SMILES string of the molecule is CC.CC(=O)CSc1ccc(CC(C)N)cc1.O=CO. The van der Waals surface area contributed by atoms with Crippen molar-refractivity contribution in [3.05, 3.63) is 29.8 Å². The molecule has 1 unspecified atom stereocenters. The first-order valence-corrected chi connectivity index (χ1v) is 7.52. The molecule has 0 bridgehead atoms. The van der Waals surface area contributed by atoms with E-state index in [1.165, 1.54) is 5.56 Å². The lowest BCUT2D eigenvalue weighted by Crippen LogP contribution is -2.17. The second-order valence-electron chi connectivity index (χ2n) is 3.92. The van der Waals surface area contributed by atoms with Crippen molar-refractivity contribution in [1.29, 1.82) is 0 Å². The number of nitrogens with two attached hydrogens (primary N) is 1. The highest BCUT2D eigenvalue weighted by molar-refractivity contribution is 8.00. The van der Waals surface area contributed by atoms with Crippen molar-refractivity contribution in [2.75, 3.05) is 5.75 Å². The summed E-state index contributed by atoms with van der Waals surface area (Å²) in [6.45, 7) is 7.36. The van der Waals surface area contributed by atoms with Crippen LogP contribution < -0.4 is 5.73 Å². The summed E-state index contributed by atoms with van der Waals surface area (Å²) in [6.07, 6.45) is 0.900. The molecular formula is C15H25NO3S. The smallest absolute Gasteiger partial charge is 0.290 e. The number of hydrogen-bond acceptors (Lipinski definition) is 4. The van der Waals surface area contributed by atoms with Crippen LogP contribution in [0.1, 0.15) is 33.3 Å². The topological polar surface area (TPSA) is 80.4 Å². The first-order valence-electron chi connectivity index (χ1n) is 6.54. The number of ketones is 1. The van der Waals surface area contributed by atoms with Crippen LogP contribution in [0.3, 0.4) is 0 Å². The van der Waals surface area contributed by atoms with Gasteiger partial charge in [-0.15, -0.1) is 11.8 Å². The van der Waals surface area contributed by atoms with Gasteiger partial charge in [-0.2, -0.15) is 0 Å². The fourth-order valence-electron chi connectivity index (χ4n) is 1.28. The van der Waals surface area contributed by atoms with Crippen LogP contribution in [0.25, 0.3) is 0 Å². The highest BCUT2D eigenvalue weighted by atomic mass is 32.2. The van der Waals surface area contributed by atoms with Gasteiger partial charge in [0, 0.05) is 10.9 Å². The number of carbonyl (C=O) groups excluding carboxylic acids is 1. The summed E-state index contributed by atoms with van der Waals surface area (Å²) < 4.78 is 0. The predicted octanol–water partition coefficient (Wildman–Crippen LogP) is 2.98. The summed E-state index contributed by atoms with van der Waals surface area (Å²) in [4.78, 5) is 20.3. The minimum absolute atomic E-state index is 0.195. The zero-order chi connectivity index (χ0) is 16.0. The van der Waals surface area contributed by atoms with Crippen LogP contribution in [0.15, 0.2) is 29.2 Å². The summed E-state index contributed by atoms with van der Waals surface area (Å²) in [7, 11) is 0. The molecule has 1 aromatic carbocycles. The average molecular weight is 299 g/mol. The maximum atomic E-state index is 10.8. The molecule has 0 saturated carbocycles. The van der Waals surface area contributed by atoms with E-state index in [0.717, 1.165) is 11.3 Å². The van der Waals surface area contributed by atoms with Crippen molar-refractivity contribution >= 4 is 24.0 Å². The van der Waals surface area contributed by atoms with Crippen molar-refractivity contribution in [3.63, 3.8) is 0 Å². The molecule has 4 nitrogen and oxygen atoms in total. The lowest BCUT2D eigenvalue weighted by Gasteiger charge is -2.05. The van der Waals surface area contributed by atoms with Crippen LogP contribution in [-0.4, -0.2) is 29.2 Å². The number of thioether (sulfide) groups is 1. The van der Waals surface area contributed by atoms with Crippen LogP contribution in [0.4, 0.5) is 0 Å². The Bertz CT molecular complexity index is 364. The Balaban J connectivity index is 0. The molecule has 5 heteroatoms. The van der Waals surface area contributed by atoms with Crippen LogP contribution in [0, 0.1) is 0 Å².